The Morgan fingerprint density at radius 3 is 2.28 bits per heavy atom. The van der Waals surface area contributed by atoms with Crippen LogP contribution in [0.3, 0.4) is 0 Å². The van der Waals surface area contributed by atoms with Crippen molar-refractivity contribution >= 4 is 17.5 Å². The molecule has 0 aliphatic carbocycles. The highest BCUT2D eigenvalue weighted by atomic mass is 16.2. The van der Waals surface area contributed by atoms with Crippen molar-refractivity contribution in [3.05, 3.63) is 84.2 Å². The molecule has 124 valence electrons. The first-order valence-corrected chi connectivity index (χ1v) is 7.57. The molecule has 3 rings (SSSR count). The van der Waals surface area contributed by atoms with Gasteiger partial charge in [0.15, 0.2) is 0 Å². The summed E-state index contributed by atoms with van der Waals surface area (Å²) < 4.78 is 0. The third-order valence-corrected chi connectivity index (χ3v) is 3.40. The molecule has 7 heteroatoms. The van der Waals surface area contributed by atoms with Crippen LogP contribution in [0, 0.1) is 0 Å². The fourth-order valence-electron chi connectivity index (χ4n) is 2.10. The number of carbonyl (C=O) groups is 2. The SMILES string of the molecule is O=C(Nc1ccncc1)c1ccc(CNC(=O)c2cnccn2)cc1. The van der Waals surface area contributed by atoms with Gasteiger partial charge in [0, 0.05) is 42.6 Å². The van der Waals surface area contributed by atoms with Gasteiger partial charge < -0.3 is 10.6 Å². The van der Waals surface area contributed by atoms with Crippen molar-refractivity contribution in [1.29, 1.82) is 0 Å². The molecule has 25 heavy (non-hydrogen) atoms. The van der Waals surface area contributed by atoms with Crippen molar-refractivity contribution in [2.45, 2.75) is 6.54 Å². The Hall–Kier alpha value is -3.61. The minimum Gasteiger partial charge on any atom is -0.347 e. The number of hydrogen-bond acceptors (Lipinski definition) is 5. The maximum absolute atomic E-state index is 12.2. The van der Waals surface area contributed by atoms with Crippen LogP contribution in [0.15, 0.2) is 67.4 Å². The summed E-state index contributed by atoms with van der Waals surface area (Å²) in [5.74, 6) is -0.506. The molecule has 2 heterocycles. The summed E-state index contributed by atoms with van der Waals surface area (Å²) in [7, 11) is 0. The largest absolute Gasteiger partial charge is 0.347 e. The number of hydrogen-bond donors (Lipinski definition) is 2. The Morgan fingerprint density at radius 1 is 0.840 bits per heavy atom. The van der Waals surface area contributed by atoms with E-state index in [4.69, 9.17) is 0 Å². The number of nitrogens with zero attached hydrogens (tertiary/aromatic N) is 3. The molecule has 0 aliphatic heterocycles. The molecule has 2 aromatic heterocycles. The highest BCUT2D eigenvalue weighted by Gasteiger charge is 2.08. The van der Waals surface area contributed by atoms with Gasteiger partial charge >= 0.3 is 0 Å². The smallest absolute Gasteiger partial charge is 0.271 e. The van der Waals surface area contributed by atoms with E-state index >= 15 is 0 Å². The molecule has 0 atom stereocenters. The van der Waals surface area contributed by atoms with E-state index in [9.17, 15) is 9.59 Å². The zero-order valence-corrected chi connectivity index (χ0v) is 13.2. The molecular weight excluding hydrogens is 318 g/mol. The number of carbonyl (C=O) groups excluding carboxylic acids is 2. The van der Waals surface area contributed by atoms with Crippen LogP contribution >= 0.6 is 0 Å². The van der Waals surface area contributed by atoms with Crippen molar-refractivity contribution in [3.8, 4) is 0 Å². The van der Waals surface area contributed by atoms with Crippen LogP contribution in [-0.4, -0.2) is 26.8 Å². The Kier molecular flexibility index (Phi) is 5.06. The Balaban J connectivity index is 1.57. The second-order valence-electron chi connectivity index (χ2n) is 5.16. The Morgan fingerprint density at radius 2 is 1.60 bits per heavy atom. The average Bonchev–Trinajstić information content (AvgIpc) is 2.68. The predicted octanol–water partition coefficient (Wildman–Crippen LogP) is 2.05. The van der Waals surface area contributed by atoms with E-state index in [0.717, 1.165) is 5.56 Å². The maximum Gasteiger partial charge on any atom is 0.271 e. The molecule has 3 aromatic rings. The topological polar surface area (TPSA) is 96.9 Å². The van der Waals surface area contributed by atoms with Crippen LogP contribution in [0.5, 0.6) is 0 Å². The van der Waals surface area contributed by atoms with Crippen LogP contribution in [0.25, 0.3) is 0 Å². The molecule has 0 spiro atoms. The summed E-state index contributed by atoms with van der Waals surface area (Å²) in [6.45, 7) is 0.335. The molecule has 0 fully saturated rings. The number of nitrogens with one attached hydrogen (secondary N) is 2. The lowest BCUT2D eigenvalue weighted by molar-refractivity contribution is 0.0944. The van der Waals surface area contributed by atoms with Gasteiger partial charge in [-0.25, -0.2) is 4.98 Å². The maximum atomic E-state index is 12.2. The molecule has 1 aromatic carbocycles. The zero-order valence-electron chi connectivity index (χ0n) is 13.2. The van der Waals surface area contributed by atoms with E-state index in [0.29, 0.717) is 17.8 Å². The lowest BCUT2D eigenvalue weighted by Crippen LogP contribution is -2.23. The second kappa shape index (κ2) is 7.78. The first-order valence-electron chi connectivity index (χ1n) is 7.57. The quantitative estimate of drug-likeness (QED) is 0.745. The monoisotopic (exact) mass is 333 g/mol. The Labute approximate surface area is 144 Å². The van der Waals surface area contributed by atoms with Crippen molar-refractivity contribution in [1.82, 2.24) is 20.3 Å². The molecular formula is C18H15N5O2. The third kappa shape index (κ3) is 4.44. The minimum absolute atomic E-state index is 0.207. The number of benzene rings is 1. The number of aromatic nitrogens is 3. The molecule has 0 unspecified atom stereocenters. The van der Waals surface area contributed by atoms with E-state index in [1.165, 1.54) is 18.6 Å². The third-order valence-electron chi connectivity index (χ3n) is 3.40. The van der Waals surface area contributed by atoms with Crippen LogP contribution in [0.4, 0.5) is 5.69 Å². The van der Waals surface area contributed by atoms with E-state index in [-0.39, 0.29) is 17.5 Å². The zero-order chi connectivity index (χ0) is 17.5. The van der Waals surface area contributed by atoms with Crippen molar-refractivity contribution in [3.63, 3.8) is 0 Å². The van der Waals surface area contributed by atoms with Gasteiger partial charge in [-0.1, -0.05) is 12.1 Å². The van der Waals surface area contributed by atoms with Gasteiger partial charge in [0.2, 0.25) is 0 Å². The van der Waals surface area contributed by atoms with Crippen LogP contribution < -0.4 is 10.6 Å². The lowest BCUT2D eigenvalue weighted by Gasteiger charge is -2.07. The predicted molar refractivity (Wildman–Crippen MR) is 91.8 cm³/mol. The highest BCUT2D eigenvalue weighted by molar-refractivity contribution is 6.04. The summed E-state index contributed by atoms with van der Waals surface area (Å²) >= 11 is 0. The van der Waals surface area contributed by atoms with E-state index in [2.05, 4.69) is 25.6 Å². The van der Waals surface area contributed by atoms with E-state index in [1.807, 2.05) is 0 Å². The van der Waals surface area contributed by atoms with Crippen LogP contribution in [0.2, 0.25) is 0 Å². The van der Waals surface area contributed by atoms with Crippen LogP contribution in [0.1, 0.15) is 26.4 Å². The van der Waals surface area contributed by atoms with Gasteiger partial charge in [0.1, 0.15) is 5.69 Å². The summed E-state index contributed by atoms with van der Waals surface area (Å²) in [6, 6.07) is 10.4. The van der Waals surface area contributed by atoms with Gasteiger partial charge in [-0.2, -0.15) is 0 Å². The molecule has 0 saturated carbocycles. The fraction of sp³-hybridized carbons (Fsp3) is 0.0556. The number of rotatable bonds is 5. The second-order valence-corrected chi connectivity index (χ2v) is 5.16. The van der Waals surface area contributed by atoms with E-state index < -0.39 is 0 Å². The number of pyridine rings is 1. The van der Waals surface area contributed by atoms with Crippen LogP contribution in [-0.2, 0) is 6.54 Å². The fourth-order valence-corrected chi connectivity index (χ4v) is 2.10. The van der Waals surface area contributed by atoms with Gasteiger partial charge in [0.05, 0.1) is 6.20 Å². The molecule has 0 bridgehead atoms. The molecule has 0 radical (unpaired) electrons. The van der Waals surface area contributed by atoms with Crippen molar-refractivity contribution in [2.75, 3.05) is 5.32 Å². The Bertz CT molecular complexity index is 852. The summed E-state index contributed by atoms with van der Waals surface area (Å²) in [4.78, 5) is 35.8. The minimum atomic E-state index is -0.299. The normalized spacial score (nSPS) is 10.1. The van der Waals surface area contributed by atoms with Gasteiger partial charge in [0.25, 0.3) is 11.8 Å². The number of anilines is 1. The molecule has 0 aliphatic rings. The molecule has 0 saturated heterocycles. The molecule has 7 nitrogen and oxygen atoms in total. The summed E-state index contributed by atoms with van der Waals surface area (Å²) in [6.07, 6.45) is 7.59. The highest BCUT2D eigenvalue weighted by Crippen LogP contribution is 2.09. The standard InChI is InChI=1S/C18H15N5O2/c24-17(23-15-5-7-19-8-6-15)14-3-1-13(2-4-14)11-22-18(25)16-12-20-9-10-21-16/h1-10,12H,11H2,(H,22,25)(H,19,23,24). The summed E-state index contributed by atoms with van der Waals surface area (Å²) in [5.41, 5.74) is 2.34. The van der Waals surface area contributed by atoms with Gasteiger partial charge in [-0.3, -0.25) is 19.6 Å². The van der Waals surface area contributed by atoms with Crippen molar-refractivity contribution < 1.29 is 9.59 Å². The van der Waals surface area contributed by atoms with Gasteiger partial charge in [-0.05, 0) is 29.8 Å². The first kappa shape index (κ1) is 16.3. The lowest BCUT2D eigenvalue weighted by atomic mass is 10.1. The number of amides is 2. The molecule has 2 N–H and O–H groups in total. The average molecular weight is 333 g/mol. The van der Waals surface area contributed by atoms with E-state index in [1.54, 1.807) is 48.8 Å². The first-order chi connectivity index (χ1) is 12.2. The van der Waals surface area contributed by atoms with Crippen molar-refractivity contribution in [2.24, 2.45) is 0 Å². The summed E-state index contributed by atoms with van der Waals surface area (Å²) in [5, 5.41) is 5.54. The van der Waals surface area contributed by atoms with Gasteiger partial charge in [-0.15, -0.1) is 0 Å². The molecule has 2 amide bonds.